The molecule has 12 rings (SSSR count). The van der Waals surface area contributed by atoms with Crippen LogP contribution in [0.5, 0.6) is 0 Å². The normalized spacial score (nSPS) is 12.2. The van der Waals surface area contributed by atoms with Crippen LogP contribution in [0.4, 0.5) is 0 Å². The predicted octanol–water partition coefficient (Wildman–Crippen LogP) is 11.5. The lowest BCUT2D eigenvalue weighted by Gasteiger charge is -2.11. The van der Waals surface area contributed by atoms with Crippen molar-refractivity contribution in [1.29, 1.82) is 0 Å². The molecule has 0 aliphatic rings. The molecule has 12 aromatic rings. The van der Waals surface area contributed by atoms with Crippen LogP contribution in [-0.2, 0) is 0 Å². The molecule has 0 fully saturated rings. The Labute approximate surface area is 302 Å². The number of pyridine rings is 2. The molecule has 5 heterocycles. The molecule has 0 amide bonds. The summed E-state index contributed by atoms with van der Waals surface area (Å²) in [5.74, 6) is 0.827. The van der Waals surface area contributed by atoms with Gasteiger partial charge in [-0.15, -0.1) is 0 Å². The summed E-state index contributed by atoms with van der Waals surface area (Å²) in [6.45, 7) is 0. The van der Waals surface area contributed by atoms with E-state index in [-0.39, 0.29) is 5.56 Å². The van der Waals surface area contributed by atoms with E-state index in [0.717, 1.165) is 60.8 Å². The highest BCUT2D eigenvalue weighted by molar-refractivity contribution is 6.20. The summed E-state index contributed by atoms with van der Waals surface area (Å²) in [5, 5.41) is 8.43. The summed E-state index contributed by atoms with van der Waals surface area (Å²) in [6, 6.07) is 59.7. The topological polar surface area (TPSA) is 44.2 Å². The fourth-order valence-corrected chi connectivity index (χ4v) is 8.89. The summed E-state index contributed by atoms with van der Waals surface area (Å²) in [5.41, 5.74) is 10.6. The van der Waals surface area contributed by atoms with E-state index < -0.39 is 0 Å². The van der Waals surface area contributed by atoms with Crippen LogP contribution in [0, 0.1) is 0 Å². The summed E-state index contributed by atoms with van der Waals surface area (Å²) in [4.78, 5) is 19.3. The van der Waals surface area contributed by atoms with Gasteiger partial charge < -0.3 is 4.57 Å². The van der Waals surface area contributed by atoms with Gasteiger partial charge in [0.2, 0.25) is 0 Å². The first-order valence-corrected chi connectivity index (χ1v) is 17.9. The van der Waals surface area contributed by atoms with Crippen molar-refractivity contribution in [2.24, 2.45) is 0 Å². The van der Waals surface area contributed by atoms with E-state index in [1.165, 1.54) is 38.1 Å². The maximum absolute atomic E-state index is 13.9. The largest absolute Gasteiger partial charge is 0.309 e. The standard InChI is InChI=1S/C48H28N4O/c53-48-35-17-5-4-14-32(35)39-28-45(49-46-36-18-8-11-21-42(36)52(48)47(39)46)51-41-20-10-7-16-34(41)38-27-30(23-25-44(38)51)29-22-24-43-37(26-29)33-15-6-9-19-40(33)50(43)31-12-2-1-3-13-31/h1-28H. The summed E-state index contributed by atoms with van der Waals surface area (Å²) < 4.78 is 6.49. The Balaban J connectivity index is 1.11. The van der Waals surface area contributed by atoms with Crippen LogP contribution in [0.2, 0.25) is 0 Å². The third kappa shape index (κ3) is 3.80. The van der Waals surface area contributed by atoms with Crippen molar-refractivity contribution in [3.63, 3.8) is 0 Å². The average Bonchev–Trinajstić information content (AvgIpc) is 3.86. The Hall–Kier alpha value is -7.24. The van der Waals surface area contributed by atoms with Crippen LogP contribution in [0.1, 0.15) is 0 Å². The van der Waals surface area contributed by atoms with Crippen molar-refractivity contribution in [1.82, 2.24) is 18.5 Å². The molecule has 0 radical (unpaired) electrons. The number of aromatic nitrogens is 4. The van der Waals surface area contributed by atoms with E-state index in [2.05, 4.69) is 143 Å². The number of fused-ring (bicyclic) bond motifs is 11. The van der Waals surface area contributed by atoms with Gasteiger partial charge in [-0.3, -0.25) is 13.8 Å². The van der Waals surface area contributed by atoms with Crippen LogP contribution >= 0.6 is 0 Å². The highest BCUT2D eigenvalue weighted by Crippen LogP contribution is 2.40. The summed E-state index contributed by atoms with van der Waals surface area (Å²) in [6.07, 6.45) is 0. The van der Waals surface area contributed by atoms with Gasteiger partial charge in [-0.1, -0.05) is 103 Å². The SMILES string of the molecule is O=c1c2ccccc2c2cc(-n3c4ccccc4c4cc(-c5ccc6c(c5)c5ccccc5n6-c5ccccc5)ccc43)nc3c4ccccc4n1c23. The molecular weight excluding hydrogens is 649 g/mol. The van der Waals surface area contributed by atoms with Crippen LogP contribution in [0.25, 0.3) is 104 Å². The van der Waals surface area contributed by atoms with E-state index in [0.29, 0.717) is 5.39 Å². The highest BCUT2D eigenvalue weighted by atomic mass is 16.1. The van der Waals surface area contributed by atoms with Gasteiger partial charge in [0, 0.05) is 43.4 Å². The van der Waals surface area contributed by atoms with Gasteiger partial charge in [0.15, 0.2) is 0 Å². The van der Waals surface area contributed by atoms with Gasteiger partial charge in [-0.05, 0) is 83.2 Å². The Morgan fingerprint density at radius 3 is 1.57 bits per heavy atom. The molecule has 0 N–H and O–H groups in total. The van der Waals surface area contributed by atoms with Crippen LogP contribution < -0.4 is 5.56 Å². The summed E-state index contributed by atoms with van der Waals surface area (Å²) in [7, 11) is 0. The first-order chi connectivity index (χ1) is 26.2. The lowest BCUT2D eigenvalue weighted by molar-refractivity contribution is 1.10. The quantitative estimate of drug-likeness (QED) is 0.175. The molecular formula is C48H28N4O. The molecule has 0 saturated heterocycles. The molecule has 0 aliphatic carbocycles. The Kier molecular flexibility index (Phi) is 5.59. The molecule has 5 aromatic heterocycles. The lowest BCUT2D eigenvalue weighted by atomic mass is 10.0. The molecule has 0 unspecified atom stereocenters. The van der Waals surface area contributed by atoms with Crippen molar-refractivity contribution < 1.29 is 0 Å². The van der Waals surface area contributed by atoms with Gasteiger partial charge in [0.05, 0.1) is 38.6 Å². The van der Waals surface area contributed by atoms with Gasteiger partial charge in [-0.25, -0.2) is 4.98 Å². The smallest absolute Gasteiger partial charge is 0.263 e. The fraction of sp³-hybridized carbons (Fsp3) is 0. The second kappa shape index (κ2) is 10.4. The van der Waals surface area contributed by atoms with Gasteiger partial charge in [0.25, 0.3) is 5.56 Å². The number of rotatable bonds is 3. The molecule has 246 valence electrons. The van der Waals surface area contributed by atoms with Gasteiger partial charge >= 0.3 is 0 Å². The fourth-order valence-electron chi connectivity index (χ4n) is 8.89. The number of benzene rings is 7. The molecule has 0 spiro atoms. The minimum absolute atomic E-state index is 0.0129. The number of para-hydroxylation sites is 4. The van der Waals surface area contributed by atoms with Crippen molar-refractivity contribution in [2.45, 2.75) is 0 Å². The molecule has 0 bridgehead atoms. The third-order valence-corrected chi connectivity index (χ3v) is 11.2. The number of nitrogens with zero attached hydrogens (tertiary/aromatic N) is 4. The molecule has 5 heteroatoms. The number of hydrogen-bond donors (Lipinski definition) is 0. The summed E-state index contributed by atoms with van der Waals surface area (Å²) >= 11 is 0. The second-order valence-corrected chi connectivity index (χ2v) is 13.9. The molecule has 53 heavy (non-hydrogen) atoms. The Morgan fingerprint density at radius 1 is 0.377 bits per heavy atom. The van der Waals surface area contributed by atoms with Crippen LogP contribution in [0.15, 0.2) is 175 Å². The minimum Gasteiger partial charge on any atom is -0.309 e. The molecule has 0 atom stereocenters. The van der Waals surface area contributed by atoms with Crippen molar-refractivity contribution in [3.8, 4) is 22.6 Å². The van der Waals surface area contributed by atoms with E-state index in [4.69, 9.17) is 4.98 Å². The monoisotopic (exact) mass is 676 g/mol. The average molecular weight is 677 g/mol. The zero-order chi connectivity index (χ0) is 34.8. The molecule has 0 aliphatic heterocycles. The Bertz CT molecular complexity index is 3530. The highest BCUT2D eigenvalue weighted by Gasteiger charge is 2.22. The van der Waals surface area contributed by atoms with E-state index in [9.17, 15) is 4.79 Å². The van der Waals surface area contributed by atoms with Crippen molar-refractivity contribution in [3.05, 3.63) is 180 Å². The predicted molar refractivity (Wildman–Crippen MR) is 219 cm³/mol. The van der Waals surface area contributed by atoms with Crippen LogP contribution in [0.3, 0.4) is 0 Å². The van der Waals surface area contributed by atoms with Crippen molar-refractivity contribution >= 4 is 81.7 Å². The first-order valence-electron chi connectivity index (χ1n) is 17.9. The van der Waals surface area contributed by atoms with E-state index in [1.807, 2.05) is 40.8 Å². The maximum atomic E-state index is 13.9. The molecule has 7 aromatic carbocycles. The number of hydrogen-bond acceptors (Lipinski definition) is 2. The first kappa shape index (κ1) is 28.5. The molecule has 0 saturated carbocycles. The lowest BCUT2D eigenvalue weighted by Crippen LogP contribution is -2.13. The third-order valence-electron chi connectivity index (χ3n) is 11.2. The molecule has 5 nitrogen and oxygen atoms in total. The maximum Gasteiger partial charge on any atom is 0.263 e. The second-order valence-electron chi connectivity index (χ2n) is 13.9. The minimum atomic E-state index is -0.0129. The van der Waals surface area contributed by atoms with Gasteiger partial charge in [-0.2, -0.15) is 0 Å². The zero-order valence-electron chi connectivity index (χ0n) is 28.4. The van der Waals surface area contributed by atoms with E-state index in [1.54, 1.807) is 0 Å². The van der Waals surface area contributed by atoms with Crippen molar-refractivity contribution in [2.75, 3.05) is 0 Å². The van der Waals surface area contributed by atoms with E-state index >= 15 is 0 Å². The van der Waals surface area contributed by atoms with Gasteiger partial charge in [0.1, 0.15) is 5.82 Å². The van der Waals surface area contributed by atoms with Crippen LogP contribution in [-0.4, -0.2) is 18.5 Å². The Morgan fingerprint density at radius 2 is 0.887 bits per heavy atom. The zero-order valence-corrected chi connectivity index (χ0v) is 28.4.